The number of amides is 2. The number of benzene rings is 2. The Labute approximate surface area is 158 Å². The summed E-state index contributed by atoms with van der Waals surface area (Å²) in [5.41, 5.74) is 1.08. The van der Waals surface area contributed by atoms with Crippen molar-refractivity contribution in [1.29, 1.82) is 5.26 Å². The van der Waals surface area contributed by atoms with Gasteiger partial charge in [-0.05, 0) is 30.3 Å². The van der Waals surface area contributed by atoms with Crippen molar-refractivity contribution in [2.24, 2.45) is 0 Å². The Morgan fingerprint density at radius 1 is 1.15 bits per heavy atom. The molecule has 2 aromatic carbocycles. The van der Waals surface area contributed by atoms with Crippen molar-refractivity contribution >= 4 is 17.5 Å². The van der Waals surface area contributed by atoms with Gasteiger partial charge < -0.3 is 19.7 Å². The van der Waals surface area contributed by atoms with Crippen molar-refractivity contribution in [3.05, 3.63) is 54.1 Å². The number of rotatable bonds is 8. The smallest absolute Gasteiger partial charge is 0.258 e. The topological polar surface area (TPSA) is 91.7 Å². The molecule has 0 heterocycles. The van der Waals surface area contributed by atoms with E-state index in [1.165, 1.54) is 18.9 Å². The number of para-hydroxylation sites is 2. The van der Waals surface area contributed by atoms with Crippen molar-refractivity contribution in [2.45, 2.75) is 6.92 Å². The molecule has 0 aromatic heterocycles. The standard InChI is InChI=1S/C20H21N3O4/c1-15(24)23(17-7-5-6-16(12-17)13-21)11-10-22-20(25)14-27-19-9-4-3-8-18(19)26-2/h3-9,12H,10-11,14H2,1-2H3,(H,22,25). The Morgan fingerprint density at radius 2 is 1.89 bits per heavy atom. The zero-order valence-corrected chi connectivity index (χ0v) is 15.3. The minimum atomic E-state index is -0.310. The second kappa shape index (κ2) is 9.82. The molecule has 0 saturated carbocycles. The summed E-state index contributed by atoms with van der Waals surface area (Å²) in [6.45, 7) is 1.81. The lowest BCUT2D eigenvalue weighted by atomic mass is 10.2. The average molecular weight is 367 g/mol. The molecule has 0 atom stereocenters. The zero-order chi connectivity index (χ0) is 19.6. The molecule has 2 aromatic rings. The van der Waals surface area contributed by atoms with Gasteiger partial charge in [0.25, 0.3) is 5.91 Å². The van der Waals surface area contributed by atoms with Crippen LogP contribution in [0.25, 0.3) is 0 Å². The van der Waals surface area contributed by atoms with Gasteiger partial charge in [-0.15, -0.1) is 0 Å². The SMILES string of the molecule is COc1ccccc1OCC(=O)NCCN(C(C)=O)c1cccc(C#N)c1. The molecule has 0 fully saturated rings. The number of carbonyl (C=O) groups excluding carboxylic acids is 2. The summed E-state index contributed by atoms with van der Waals surface area (Å²) in [4.78, 5) is 25.4. The minimum absolute atomic E-state index is 0.162. The molecule has 0 aliphatic heterocycles. The lowest BCUT2D eigenvalue weighted by molar-refractivity contribution is -0.123. The molecule has 0 radical (unpaired) electrons. The van der Waals surface area contributed by atoms with Crippen LogP contribution in [-0.4, -0.2) is 38.6 Å². The van der Waals surface area contributed by atoms with Gasteiger partial charge in [-0.25, -0.2) is 0 Å². The number of anilines is 1. The third kappa shape index (κ3) is 5.75. The minimum Gasteiger partial charge on any atom is -0.493 e. The lowest BCUT2D eigenvalue weighted by Gasteiger charge is -2.21. The highest BCUT2D eigenvalue weighted by Crippen LogP contribution is 2.25. The zero-order valence-electron chi connectivity index (χ0n) is 15.3. The molecule has 2 rings (SSSR count). The van der Waals surface area contributed by atoms with Crippen LogP contribution < -0.4 is 19.7 Å². The first-order valence-corrected chi connectivity index (χ1v) is 8.36. The van der Waals surface area contributed by atoms with E-state index in [1.54, 1.807) is 42.5 Å². The third-order valence-corrected chi connectivity index (χ3v) is 3.75. The molecular formula is C20H21N3O4. The van der Waals surface area contributed by atoms with E-state index in [2.05, 4.69) is 5.32 Å². The van der Waals surface area contributed by atoms with Gasteiger partial charge in [0.05, 0.1) is 18.7 Å². The van der Waals surface area contributed by atoms with Gasteiger partial charge in [0.2, 0.25) is 5.91 Å². The van der Waals surface area contributed by atoms with Crippen LogP contribution in [0.1, 0.15) is 12.5 Å². The fourth-order valence-corrected chi connectivity index (χ4v) is 2.45. The van der Waals surface area contributed by atoms with E-state index in [9.17, 15) is 9.59 Å². The quantitative estimate of drug-likeness (QED) is 0.772. The number of hydrogen-bond donors (Lipinski definition) is 1. The van der Waals surface area contributed by atoms with Gasteiger partial charge in [-0.1, -0.05) is 18.2 Å². The maximum Gasteiger partial charge on any atom is 0.258 e. The van der Waals surface area contributed by atoms with Crippen molar-refractivity contribution in [2.75, 3.05) is 31.7 Å². The number of carbonyl (C=O) groups is 2. The summed E-state index contributed by atoms with van der Waals surface area (Å²) in [5, 5.41) is 11.7. The van der Waals surface area contributed by atoms with Crippen LogP contribution in [0.4, 0.5) is 5.69 Å². The van der Waals surface area contributed by atoms with Crippen LogP contribution in [0.15, 0.2) is 48.5 Å². The number of ether oxygens (including phenoxy) is 2. The van der Waals surface area contributed by atoms with Crippen LogP contribution >= 0.6 is 0 Å². The van der Waals surface area contributed by atoms with Gasteiger partial charge >= 0.3 is 0 Å². The Hall–Kier alpha value is -3.53. The van der Waals surface area contributed by atoms with E-state index in [0.29, 0.717) is 22.7 Å². The van der Waals surface area contributed by atoms with Crippen LogP contribution in [0.5, 0.6) is 11.5 Å². The number of nitriles is 1. The summed E-state index contributed by atoms with van der Waals surface area (Å²) in [6, 6.07) is 15.9. The van der Waals surface area contributed by atoms with E-state index in [0.717, 1.165) is 0 Å². The molecule has 27 heavy (non-hydrogen) atoms. The number of nitrogens with one attached hydrogen (secondary N) is 1. The number of hydrogen-bond acceptors (Lipinski definition) is 5. The van der Waals surface area contributed by atoms with Gasteiger partial charge in [-0.2, -0.15) is 5.26 Å². The molecule has 7 nitrogen and oxygen atoms in total. The fourth-order valence-electron chi connectivity index (χ4n) is 2.45. The first kappa shape index (κ1) is 19.8. The molecule has 0 bridgehead atoms. The Kier molecular flexibility index (Phi) is 7.20. The average Bonchev–Trinajstić information content (AvgIpc) is 2.69. The molecule has 0 aliphatic carbocycles. The molecular weight excluding hydrogens is 346 g/mol. The lowest BCUT2D eigenvalue weighted by Crippen LogP contribution is -2.39. The summed E-state index contributed by atoms with van der Waals surface area (Å²) < 4.78 is 10.6. The van der Waals surface area contributed by atoms with Gasteiger partial charge in [0.1, 0.15) is 0 Å². The Balaban J connectivity index is 1.86. The number of methoxy groups -OCH3 is 1. The Morgan fingerprint density at radius 3 is 2.56 bits per heavy atom. The van der Waals surface area contributed by atoms with E-state index in [4.69, 9.17) is 14.7 Å². The van der Waals surface area contributed by atoms with E-state index in [-0.39, 0.29) is 31.5 Å². The Bertz CT molecular complexity index is 845. The van der Waals surface area contributed by atoms with Crippen LogP contribution in [-0.2, 0) is 9.59 Å². The second-order valence-corrected chi connectivity index (χ2v) is 5.62. The summed E-state index contributed by atoms with van der Waals surface area (Å²) >= 11 is 0. The molecule has 140 valence electrons. The molecule has 2 amide bonds. The number of nitrogens with zero attached hydrogens (tertiary/aromatic N) is 2. The fraction of sp³-hybridized carbons (Fsp3) is 0.250. The van der Waals surface area contributed by atoms with Crippen LogP contribution in [0.3, 0.4) is 0 Å². The monoisotopic (exact) mass is 367 g/mol. The first-order valence-electron chi connectivity index (χ1n) is 8.36. The maximum absolute atomic E-state index is 12.0. The molecule has 1 N–H and O–H groups in total. The third-order valence-electron chi connectivity index (χ3n) is 3.75. The highest BCUT2D eigenvalue weighted by molar-refractivity contribution is 5.91. The van der Waals surface area contributed by atoms with E-state index >= 15 is 0 Å². The molecule has 0 spiro atoms. The van der Waals surface area contributed by atoms with Crippen LogP contribution in [0, 0.1) is 11.3 Å². The van der Waals surface area contributed by atoms with E-state index < -0.39 is 0 Å². The van der Waals surface area contributed by atoms with Crippen molar-refractivity contribution in [3.63, 3.8) is 0 Å². The molecule has 0 saturated heterocycles. The summed E-state index contributed by atoms with van der Waals surface area (Å²) in [7, 11) is 1.53. The molecule has 0 aliphatic rings. The highest BCUT2D eigenvalue weighted by Gasteiger charge is 2.13. The second-order valence-electron chi connectivity index (χ2n) is 5.62. The van der Waals surface area contributed by atoms with Gasteiger partial charge in [0, 0.05) is 25.7 Å². The predicted molar refractivity (Wildman–Crippen MR) is 101 cm³/mol. The predicted octanol–water partition coefficient (Wildman–Crippen LogP) is 2.11. The summed E-state index contributed by atoms with van der Waals surface area (Å²) in [6.07, 6.45) is 0. The molecule has 0 unspecified atom stereocenters. The van der Waals surface area contributed by atoms with Gasteiger partial charge in [0.15, 0.2) is 18.1 Å². The summed E-state index contributed by atoms with van der Waals surface area (Å²) in [5.74, 6) is 0.541. The van der Waals surface area contributed by atoms with Crippen molar-refractivity contribution in [1.82, 2.24) is 5.32 Å². The van der Waals surface area contributed by atoms with Gasteiger partial charge in [-0.3, -0.25) is 9.59 Å². The highest BCUT2D eigenvalue weighted by atomic mass is 16.5. The normalized spacial score (nSPS) is 9.81. The largest absolute Gasteiger partial charge is 0.493 e. The van der Waals surface area contributed by atoms with E-state index in [1.807, 2.05) is 12.1 Å². The van der Waals surface area contributed by atoms with Crippen molar-refractivity contribution < 1.29 is 19.1 Å². The van der Waals surface area contributed by atoms with Crippen molar-refractivity contribution in [3.8, 4) is 17.6 Å². The molecule has 7 heteroatoms. The maximum atomic E-state index is 12.0. The van der Waals surface area contributed by atoms with Crippen LogP contribution in [0.2, 0.25) is 0 Å². The first-order chi connectivity index (χ1) is 13.0.